The fraction of sp³-hybridized carbons (Fsp3) is 0.562. The average Bonchev–Trinajstić information content (AvgIpc) is 2.47. The number of amides is 1. The van der Waals surface area contributed by atoms with Crippen molar-refractivity contribution in [1.29, 1.82) is 0 Å². The van der Waals surface area contributed by atoms with Crippen molar-refractivity contribution in [2.75, 3.05) is 13.7 Å². The quantitative estimate of drug-likeness (QED) is 0.887. The van der Waals surface area contributed by atoms with Crippen LogP contribution in [0.25, 0.3) is 0 Å². The van der Waals surface area contributed by atoms with E-state index in [4.69, 9.17) is 4.74 Å². The number of methoxy groups -OCH3 is 1. The van der Waals surface area contributed by atoms with Gasteiger partial charge >= 0.3 is 0 Å². The predicted octanol–water partition coefficient (Wildman–Crippen LogP) is 2.26. The van der Waals surface area contributed by atoms with Gasteiger partial charge in [0.2, 0.25) is 5.91 Å². The molecule has 0 spiro atoms. The molecule has 1 fully saturated rings. The van der Waals surface area contributed by atoms with Gasteiger partial charge in [-0.1, -0.05) is 18.2 Å². The Kier molecular flexibility index (Phi) is 5.01. The first-order valence-electron chi connectivity index (χ1n) is 7.28. The highest BCUT2D eigenvalue weighted by Crippen LogP contribution is 2.25. The summed E-state index contributed by atoms with van der Waals surface area (Å²) in [6.07, 6.45) is 1.82. The van der Waals surface area contributed by atoms with E-state index in [1.54, 1.807) is 7.11 Å². The third-order valence-corrected chi connectivity index (χ3v) is 3.96. The summed E-state index contributed by atoms with van der Waals surface area (Å²) in [6.45, 7) is 5.05. The molecule has 1 aromatic carbocycles. The van der Waals surface area contributed by atoms with Crippen molar-refractivity contribution >= 4 is 5.91 Å². The van der Waals surface area contributed by atoms with Crippen LogP contribution in [0, 0.1) is 5.92 Å². The number of hydrogen-bond donors (Lipinski definition) is 2. The molecular weight excluding hydrogens is 252 g/mol. The molecule has 0 aliphatic carbocycles. The average molecular weight is 276 g/mol. The van der Waals surface area contributed by atoms with Gasteiger partial charge in [0, 0.05) is 17.5 Å². The highest BCUT2D eigenvalue weighted by Gasteiger charge is 2.26. The summed E-state index contributed by atoms with van der Waals surface area (Å²) in [5.74, 6) is 1.08. The molecule has 1 heterocycles. The largest absolute Gasteiger partial charge is 0.496 e. The van der Waals surface area contributed by atoms with Gasteiger partial charge in [-0.2, -0.15) is 0 Å². The minimum absolute atomic E-state index is 0.0381. The number of nitrogens with one attached hydrogen (secondary N) is 2. The maximum atomic E-state index is 12.3. The van der Waals surface area contributed by atoms with Crippen LogP contribution in [-0.2, 0) is 4.79 Å². The van der Waals surface area contributed by atoms with Gasteiger partial charge < -0.3 is 15.4 Å². The van der Waals surface area contributed by atoms with E-state index in [2.05, 4.69) is 17.6 Å². The second kappa shape index (κ2) is 6.75. The summed E-state index contributed by atoms with van der Waals surface area (Å²) in [7, 11) is 1.65. The Labute approximate surface area is 120 Å². The molecule has 1 amide bonds. The van der Waals surface area contributed by atoms with Crippen LogP contribution in [0.1, 0.15) is 38.3 Å². The Morgan fingerprint density at radius 3 is 2.90 bits per heavy atom. The van der Waals surface area contributed by atoms with Gasteiger partial charge in [-0.15, -0.1) is 0 Å². The van der Waals surface area contributed by atoms with Crippen molar-refractivity contribution in [3.8, 4) is 5.75 Å². The molecule has 3 atom stereocenters. The summed E-state index contributed by atoms with van der Waals surface area (Å²) in [6, 6.07) is 8.20. The zero-order valence-electron chi connectivity index (χ0n) is 12.5. The zero-order chi connectivity index (χ0) is 14.5. The molecule has 4 heteroatoms. The Bertz CT molecular complexity index is 462. The van der Waals surface area contributed by atoms with Crippen LogP contribution in [-0.4, -0.2) is 25.6 Å². The fourth-order valence-electron chi connectivity index (χ4n) is 2.80. The molecule has 0 radical (unpaired) electrons. The van der Waals surface area contributed by atoms with E-state index in [0.29, 0.717) is 6.04 Å². The molecule has 1 saturated heterocycles. The number of carbonyl (C=O) groups is 1. The van der Waals surface area contributed by atoms with Crippen molar-refractivity contribution < 1.29 is 9.53 Å². The molecule has 0 aromatic heterocycles. The molecular formula is C16H24N2O2. The standard InChI is InChI=1S/C16H24N2O2/c1-11-10-13(8-9-17-11)16(19)18-12(2)14-6-4-5-7-15(14)20-3/h4-7,11-13,17H,8-10H2,1-3H3,(H,18,19)/t11?,12-,13?/m1/s1. The molecule has 20 heavy (non-hydrogen) atoms. The third kappa shape index (κ3) is 3.51. The summed E-state index contributed by atoms with van der Waals surface area (Å²) in [4.78, 5) is 12.3. The lowest BCUT2D eigenvalue weighted by Crippen LogP contribution is -2.43. The van der Waals surface area contributed by atoms with Crippen LogP contribution >= 0.6 is 0 Å². The first kappa shape index (κ1) is 14.9. The number of benzene rings is 1. The minimum atomic E-state index is -0.0381. The molecule has 4 nitrogen and oxygen atoms in total. The highest BCUT2D eigenvalue weighted by molar-refractivity contribution is 5.79. The van der Waals surface area contributed by atoms with Gasteiger partial charge in [0.25, 0.3) is 0 Å². The smallest absolute Gasteiger partial charge is 0.223 e. The molecule has 0 bridgehead atoms. The lowest BCUT2D eigenvalue weighted by molar-refractivity contribution is -0.126. The van der Waals surface area contributed by atoms with Crippen molar-refractivity contribution in [1.82, 2.24) is 10.6 Å². The van der Waals surface area contributed by atoms with E-state index in [1.165, 1.54) is 0 Å². The van der Waals surface area contributed by atoms with Gasteiger partial charge in [-0.05, 0) is 39.3 Å². The predicted molar refractivity (Wildman–Crippen MR) is 79.7 cm³/mol. The van der Waals surface area contributed by atoms with E-state index in [1.807, 2.05) is 31.2 Å². The van der Waals surface area contributed by atoms with Gasteiger partial charge in [-0.3, -0.25) is 4.79 Å². The SMILES string of the molecule is COc1ccccc1[C@@H](C)NC(=O)C1CCNC(C)C1. The second-order valence-corrected chi connectivity index (χ2v) is 5.55. The number of carbonyl (C=O) groups excluding carboxylic acids is 1. The highest BCUT2D eigenvalue weighted by atomic mass is 16.5. The normalized spacial score (nSPS) is 23.9. The van der Waals surface area contributed by atoms with Crippen LogP contribution in [0.15, 0.2) is 24.3 Å². The number of rotatable bonds is 4. The third-order valence-electron chi connectivity index (χ3n) is 3.96. The maximum Gasteiger partial charge on any atom is 0.223 e. The van der Waals surface area contributed by atoms with Gasteiger partial charge in [0.1, 0.15) is 5.75 Å². The van der Waals surface area contributed by atoms with E-state index in [0.717, 1.165) is 30.7 Å². The first-order valence-corrected chi connectivity index (χ1v) is 7.28. The van der Waals surface area contributed by atoms with Crippen molar-refractivity contribution in [3.05, 3.63) is 29.8 Å². The molecule has 1 aliphatic rings. The van der Waals surface area contributed by atoms with Crippen molar-refractivity contribution in [2.24, 2.45) is 5.92 Å². The minimum Gasteiger partial charge on any atom is -0.496 e. The van der Waals surface area contributed by atoms with Crippen molar-refractivity contribution in [3.63, 3.8) is 0 Å². The molecule has 2 unspecified atom stereocenters. The van der Waals surface area contributed by atoms with Gasteiger partial charge in [0.05, 0.1) is 13.2 Å². The van der Waals surface area contributed by atoms with Crippen LogP contribution in [0.3, 0.4) is 0 Å². The number of para-hydroxylation sites is 1. The Morgan fingerprint density at radius 2 is 2.20 bits per heavy atom. The first-order chi connectivity index (χ1) is 9.61. The molecule has 1 aromatic rings. The van der Waals surface area contributed by atoms with E-state index >= 15 is 0 Å². The molecule has 0 saturated carbocycles. The lowest BCUT2D eigenvalue weighted by Gasteiger charge is -2.28. The number of hydrogen-bond acceptors (Lipinski definition) is 3. The Balaban J connectivity index is 2.00. The fourth-order valence-corrected chi connectivity index (χ4v) is 2.80. The van der Waals surface area contributed by atoms with Crippen LogP contribution in [0.5, 0.6) is 5.75 Å². The summed E-state index contributed by atoms with van der Waals surface area (Å²) >= 11 is 0. The molecule has 110 valence electrons. The van der Waals surface area contributed by atoms with E-state index in [9.17, 15) is 4.79 Å². The summed E-state index contributed by atoms with van der Waals surface area (Å²) in [5.41, 5.74) is 1.02. The molecule has 2 rings (SSSR count). The maximum absolute atomic E-state index is 12.3. The van der Waals surface area contributed by atoms with Crippen LogP contribution < -0.4 is 15.4 Å². The zero-order valence-corrected chi connectivity index (χ0v) is 12.5. The van der Waals surface area contributed by atoms with Gasteiger partial charge in [0.15, 0.2) is 0 Å². The topological polar surface area (TPSA) is 50.4 Å². The molecule has 2 N–H and O–H groups in total. The Hall–Kier alpha value is -1.55. The monoisotopic (exact) mass is 276 g/mol. The Morgan fingerprint density at radius 1 is 1.45 bits per heavy atom. The van der Waals surface area contributed by atoms with E-state index < -0.39 is 0 Å². The van der Waals surface area contributed by atoms with Crippen LogP contribution in [0.4, 0.5) is 0 Å². The second-order valence-electron chi connectivity index (χ2n) is 5.55. The van der Waals surface area contributed by atoms with E-state index in [-0.39, 0.29) is 17.9 Å². The summed E-state index contributed by atoms with van der Waals surface area (Å²) < 4.78 is 5.35. The van der Waals surface area contributed by atoms with Crippen molar-refractivity contribution in [2.45, 2.75) is 38.8 Å². The number of piperidine rings is 1. The lowest BCUT2D eigenvalue weighted by atomic mass is 9.92. The molecule has 1 aliphatic heterocycles. The van der Waals surface area contributed by atoms with Crippen LogP contribution in [0.2, 0.25) is 0 Å². The number of ether oxygens (including phenoxy) is 1. The summed E-state index contributed by atoms with van der Waals surface area (Å²) in [5, 5.41) is 6.48. The van der Waals surface area contributed by atoms with Gasteiger partial charge in [-0.25, -0.2) is 0 Å².